The van der Waals surface area contributed by atoms with Crippen LogP contribution in [0.3, 0.4) is 0 Å². The van der Waals surface area contributed by atoms with Gasteiger partial charge >= 0.3 is 0 Å². The Morgan fingerprint density at radius 3 is 1.24 bits per heavy atom. The summed E-state index contributed by atoms with van der Waals surface area (Å²) in [7, 11) is 0. The lowest BCUT2D eigenvalue weighted by Gasteiger charge is -2.25. The quantitative estimate of drug-likeness (QED) is 0.281. The third-order valence-electron chi connectivity index (χ3n) is 7.26. The maximum atomic E-state index is 4.70. The maximum absolute atomic E-state index is 4.70. The molecule has 0 aliphatic carbocycles. The molecular formula is C34H33BN2. The zero-order valence-corrected chi connectivity index (χ0v) is 22.6. The third-order valence-corrected chi connectivity index (χ3v) is 7.26. The van der Waals surface area contributed by atoms with Crippen molar-refractivity contribution < 1.29 is 0 Å². The highest BCUT2D eigenvalue weighted by Gasteiger charge is 2.29. The summed E-state index contributed by atoms with van der Waals surface area (Å²) in [4.78, 5) is 9.41. The van der Waals surface area contributed by atoms with Gasteiger partial charge in [-0.1, -0.05) is 98.3 Å². The average Bonchev–Trinajstić information content (AvgIpc) is 2.87. The Kier molecular flexibility index (Phi) is 6.80. The Morgan fingerprint density at radius 1 is 0.486 bits per heavy atom. The van der Waals surface area contributed by atoms with Crippen molar-refractivity contribution in [2.75, 3.05) is 0 Å². The molecule has 2 heterocycles. The Hall–Kier alpha value is -3.98. The van der Waals surface area contributed by atoms with Crippen LogP contribution in [0.1, 0.15) is 33.4 Å². The molecule has 37 heavy (non-hydrogen) atoms. The lowest BCUT2D eigenvalue weighted by Crippen LogP contribution is -2.56. The molecule has 0 saturated carbocycles. The molecule has 0 aliphatic heterocycles. The molecule has 0 unspecified atom stereocenters. The van der Waals surface area contributed by atoms with Crippen molar-refractivity contribution >= 4 is 23.1 Å². The van der Waals surface area contributed by atoms with E-state index in [-0.39, 0.29) is 6.71 Å². The number of nitrogens with zero attached hydrogens (tertiary/aromatic N) is 2. The smallest absolute Gasteiger partial charge is 0.242 e. The largest absolute Gasteiger partial charge is 0.256 e. The number of hydrogen-bond acceptors (Lipinski definition) is 2. The van der Waals surface area contributed by atoms with E-state index in [1.807, 2.05) is 24.5 Å². The summed E-state index contributed by atoms with van der Waals surface area (Å²) in [6.45, 7) is 13.5. The van der Waals surface area contributed by atoms with Gasteiger partial charge in [0.1, 0.15) is 0 Å². The maximum Gasteiger partial charge on any atom is 0.242 e. The van der Waals surface area contributed by atoms with Crippen LogP contribution in [0.4, 0.5) is 0 Å². The number of hydrogen-bond donors (Lipinski definition) is 0. The molecule has 3 aromatic carbocycles. The highest BCUT2D eigenvalue weighted by atomic mass is 14.7. The molecule has 0 aliphatic rings. The number of pyridine rings is 2. The fraction of sp³-hybridized carbons (Fsp3) is 0.176. The van der Waals surface area contributed by atoms with E-state index in [4.69, 9.17) is 9.97 Å². The lowest BCUT2D eigenvalue weighted by atomic mass is 9.34. The van der Waals surface area contributed by atoms with Gasteiger partial charge in [0.2, 0.25) is 6.71 Å². The van der Waals surface area contributed by atoms with Crippen LogP contribution in [0.25, 0.3) is 22.5 Å². The van der Waals surface area contributed by atoms with Gasteiger partial charge in [-0.25, -0.2) is 0 Å². The summed E-state index contributed by atoms with van der Waals surface area (Å²) in [5.74, 6) is 0. The number of rotatable bonds is 5. The summed E-state index contributed by atoms with van der Waals surface area (Å²) in [5.41, 5.74) is 16.1. The molecule has 0 bridgehead atoms. The van der Waals surface area contributed by atoms with Gasteiger partial charge in [0.15, 0.2) is 0 Å². The van der Waals surface area contributed by atoms with Gasteiger partial charge in [-0.05, 0) is 71.9 Å². The predicted molar refractivity (Wildman–Crippen MR) is 159 cm³/mol. The van der Waals surface area contributed by atoms with E-state index in [1.54, 1.807) is 0 Å². The molecule has 2 nitrogen and oxygen atoms in total. The summed E-state index contributed by atoms with van der Waals surface area (Å²) in [6.07, 6.45) is 3.73. The highest BCUT2D eigenvalue weighted by Crippen LogP contribution is 2.24. The minimum absolute atomic E-state index is 0.0901. The molecule has 5 rings (SSSR count). The van der Waals surface area contributed by atoms with Crippen LogP contribution in [-0.2, 0) is 0 Å². The van der Waals surface area contributed by atoms with Gasteiger partial charge < -0.3 is 0 Å². The molecule has 0 amide bonds. The normalized spacial score (nSPS) is 11.0. The van der Waals surface area contributed by atoms with E-state index in [1.165, 1.54) is 49.8 Å². The van der Waals surface area contributed by atoms with Crippen LogP contribution < -0.4 is 16.4 Å². The highest BCUT2D eigenvalue weighted by molar-refractivity contribution is 6.96. The number of aryl methyl sites for hydroxylation is 6. The zero-order valence-electron chi connectivity index (χ0n) is 22.6. The lowest BCUT2D eigenvalue weighted by molar-refractivity contribution is 1.31. The van der Waals surface area contributed by atoms with Crippen LogP contribution in [0.15, 0.2) is 91.3 Å². The summed E-state index contributed by atoms with van der Waals surface area (Å²) in [5, 5.41) is 0. The molecule has 0 spiro atoms. The molecule has 5 aromatic rings. The van der Waals surface area contributed by atoms with Crippen molar-refractivity contribution in [3.05, 3.63) is 125 Å². The third kappa shape index (κ3) is 5.00. The fourth-order valence-electron chi connectivity index (χ4n) is 5.95. The van der Waals surface area contributed by atoms with Crippen LogP contribution in [0.2, 0.25) is 0 Å². The second-order valence-corrected chi connectivity index (χ2v) is 10.3. The number of benzene rings is 3. The summed E-state index contributed by atoms with van der Waals surface area (Å²) in [6, 6.07) is 28.3. The Bertz CT molecular complexity index is 1410. The van der Waals surface area contributed by atoms with Crippen molar-refractivity contribution in [1.29, 1.82) is 0 Å². The van der Waals surface area contributed by atoms with Crippen molar-refractivity contribution in [3.8, 4) is 22.5 Å². The van der Waals surface area contributed by atoms with Gasteiger partial charge in [-0.3, -0.25) is 9.97 Å². The summed E-state index contributed by atoms with van der Waals surface area (Å²) >= 11 is 0. The Balaban J connectivity index is 1.86. The predicted octanol–water partition coefficient (Wildman–Crippen LogP) is 6.18. The van der Waals surface area contributed by atoms with Crippen molar-refractivity contribution in [3.63, 3.8) is 0 Å². The van der Waals surface area contributed by atoms with E-state index in [2.05, 4.69) is 108 Å². The van der Waals surface area contributed by atoms with Crippen molar-refractivity contribution in [2.45, 2.75) is 41.5 Å². The van der Waals surface area contributed by atoms with E-state index < -0.39 is 0 Å². The molecule has 0 N–H and O–H groups in total. The monoisotopic (exact) mass is 480 g/mol. The van der Waals surface area contributed by atoms with E-state index >= 15 is 0 Å². The Labute approximate surface area is 221 Å². The zero-order chi connectivity index (χ0) is 26.1. The standard InChI is InChI=1S/C34H33BN2/c1-22-15-24(3)33(25(4)16-22)35(34-26(5)17-23(2)18-27(34)6)30-20-28(31-11-7-9-13-36-31)19-29(21-30)32-12-8-10-14-37-32/h7-21H,1-6H3. The second kappa shape index (κ2) is 10.2. The summed E-state index contributed by atoms with van der Waals surface area (Å²) < 4.78 is 0. The van der Waals surface area contributed by atoms with Crippen LogP contribution >= 0.6 is 0 Å². The minimum Gasteiger partial charge on any atom is -0.256 e. The molecule has 3 heteroatoms. The molecule has 0 radical (unpaired) electrons. The fourth-order valence-corrected chi connectivity index (χ4v) is 5.95. The first-order valence-electron chi connectivity index (χ1n) is 12.9. The minimum atomic E-state index is 0.0901. The van der Waals surface area contributed by atoms with Crippen molar-refractivity contribution in [1.82, 2.24) is 9.97 Å². The van der Waals surface area contributed by atoms with Crippen molar-refractivity contribution in [2.24, 2.45) is 0 Å². The van der Waals surface area contributed by atoms with E-state index in [0.29, 0.717) is 0 Å². The second-order valence-electron chi connectivity index (χ2n) is 10.3. The molecule has 0 fully saturated rings. The van der Waals surface area contributed by atoms with Crippen LogP contribution in [0.5, 0.6) is 0 Å². The molecule has 0 saturated heterocycles. The van der Waals surface area contributed by atoms with E-state index in [0.717, 1.165) is 22.5 Å². The number of aromatic nitrogens is 2. The molecule has 0 atom stereocenters. The molecule has 182 valence electrons. The SMILES string of the molecule is Cc1cc(C)c(B(c2cc(-c3ccccn3)cc(-c3ccccn3)c2)c2c(C)cc(C)cc2C)c(C)c1. The van der Waals surface area contributed by atoms with Crippen LogP contribution in [0, 0.1) is 41.5 Å². The Morgan fingerprint density at radius 2 is 0.892 bits per heavy atom. The topological polar surface area (TPSA) is 25.8 Å². The van der Waals surface area contributed by atoms with Gasteiger partial charge in [0, 0.05) is 23.5 Å². The van der Waals surface area contributed by atoms with Gasteiger partial charge in [-0.2, -0.15) is 0 Å². The molecule has 2 aromatic heterocycles. The van der Waals surface area contributed by atoms with Gasteiger partial charge in [0.25, 0.3) is 0 Å². The van der Waals surface area contributed by atoms with Gasteiger partial charge in [0.05, 0.1) is 11.4 Å². The van der Waals surface area contributed by atoms with Crippen LogP contribution in [-0.4, -0.2) is 16.7 Å². The first kappa shape index (κ1) is 24.7. The molecular weight excluding hydrogens is 447 g/mol. The first-order chi connectivity index (χ1) is 17.8. The van der Waals surface area contributed by atoms with E-state index in [9.17, 15) is 0 Å². The average molecular weight is 480 g/mol. The van der Waals surface area contributed by atoms with Gasteiger partial charge in [-0.15, -0.1) is 0 Å². The first-order valence-corrected chi connectivity index (χ1v) is 12.9.